The first-order valence-corrected chi connectivity index (χ1v) is 7.69. The highest BCUT2D eigenvalue weighted by Gasteiger charge is 2.23. The van der Waals surface area contributed by atoms with Crippen molar-refractivity contribution >= 4 is 17.5 Å². The molecule has 0 aromatic heterocycles. The van der Waals surface area contributed by atoms with Crippen molar-refractivity contribution in [1.82, 2.24) is 10.6 Å². The van der Waals surface area contributed by atoms with Gasteiger partial charge in [-0.2, -0.15) is 0 Å². The van der Waals surface area contributed by atoms with Crippen molar-refractivity contribution in [3.8, 4) is 5.75 Å². The van der Waals surface area contributed by atoms with Crippen LogP contribution in [0.2, 0.25) is 0 Å². The second-order valence-corrected chi connectivity index (χ2v) is 5.47. The number of hydrogen-bond acceptors (Lipinski definition) is 4. The van der Waals surface area contributed by atoms with Crippen LogP contribution in [0.15, 0.2) is 18.2 Å². The number of hydrogen-bond donors (Lipinski definition) is 3. The monoisotopic (exact) mass is 323 g/mol. The fourth-order valence-electron chi connectivity index (χ4n) is 2.44. The van der Waals surface area contributed by atoms with Crippen LogP contribution in [0.3, 0.4) is 0 Å². The van der Waals surface area contributed by atoms with Crippen LogP contribution in [0.25, 0.3) is 0 Å². The van der Waals surface area contributed by atoms with E-state index in [0.29, 0.717) is 43.1 Å². The van der Waals surface area contributed by atoms with Crippen LogP contribution in [0.1, 0.15) is 30.6 Å². The average molecular weight is 323 g/mol. The number of nitrogens with one attached hydrogen (secondary N) is 3. The molecule has 1 aromatic rings. The molecule has 2 rings (SSSR count). The summed E-state index contributed by atoms with van der Waals surface area (Å²) in [6, 6.07) is 4.40. The van der Waals surface area contributed by atoms with Crippen molar-refractivity contribution in [2.24, 2.45) is 0 Å². The highest BCUT2D eigenvalue weighted by molar-refractivity contribution is 5.97. The van der Waals surface area contributed by atoms with Crippen molar-refractivity contribution in [3.63, 3.8) is 0 Å². The molecule has 126 valence electrons. The van der Waals surface area contributed by atoms with E-state index in [1.54, 1.807) is 18.2 Å². The summed E-state index contributed by atoms with van der Waals surface area (Å²) < 4.78 is 18.5. The Morgan fingerprint density at radius 3 is 2.83 bits per heavy atom. The van der Waals surface area contributed by atoms with Crippen molar-refractivity contribution in [2.75, 3.05) is 25.0 Å². The third-order valence-corrected chi connectivity index (χ3v) is 3.61. The lowest BCUT2D eigenvalue weighted by molar-refractivity contribution is 0.101. The number of alkyl halides is 1. The lowest BCUT2D eigenvalue weighted by Crippen LogP contribution is -2.39. The van der Waals surface area contributed by atoms with Crippen LogP contribution in [0, 0.1) is 0 Å². The fourth-order valence-corrected chi connectivity index (χ4v) is 2.44. The Morgan fingerprint density at radius 2 is 2.22 bits per heavy atom. The molecule has 2 amide bonds. The largest absolute Gasteiger partial charge is 0.492 e. The van der Waals surface area contributed by atoms with E-state index < -0.39 is 12.2 Å². The van der Waals surface area contributed by atoms with Gasteiger partial charge in [0.15, 0.2) is 5.78 Å². The van der Waals surface area contributed by atoms with E-state index in [2.05, 4.69) is 16.0 Å². The first-order valence-electron chi connectivity index (χ1n) is 7.69. The Bertz CT molecular complexity index is 580. The van der Waals surface area contributed by atoms with Gasteiger partial charge in [0.25, 0.3) is 0 Å². The summed E-state index contributed by atoms with van der Waals surface area (Å²) in [5, 5.41) is 8.36. The van der Waals surface area contributed by atoms with Crippen molar-refractivity contribution < 1.29 is 18.7 Å². The summed E-state index contributed by atoms with van der Waals surface area (Å²) in [7, 11) is 0. The van der Waals surface area contributed by atoms with Crippen LogP contribution in [-0.2, 0) is 0 Å². The minimum atomic E-state index is -0.860. The Morgan fingerprint density at radius 1 is 1.43 bits per heavy atom. The van der Waals surface area contributed by atoms with Crippen molar-refractivity contribution in [1.29, 1.82) is 0 Å². The molecule has 0 spiro atoms. The van der Waals surface area contributed by atoms with Gasteiger partial charge in [-0.1, -0.05) is 0 Å². The van der Waals surface area contributed by atoms with E-state index in [-0.39, 0.29) is 11.8 Å². The van der Waals surface area contributed by atoms with Gasteiger partial charge in [0, 0.05) is 24.7 Å². The van der Waals surface area contributed by atoms with Gasteiger partial charge in [0.1, 0.15) is 11.9 Å². The number of carbonyl (C=O) groups is 2. The maximum Gasteiger partial charge on any atom is 0.319 e. The van der Waals surface area contributed by atoms with E-state index in [4.69, 9.17) is 4.74 Å². The number of anilines is 1. The van der Waals surface area contributed by atoms with Gasteiger partial charge in [-0.05, 0) is 38.5 Å². The predicted molar refractivity (Wildman–Crippen MR) is 85.9 cm³/mol. The molecular weight excluding hydrogens is 301 g/mol. The zero-order chi connectivity index (χ0) is 16.8. The minimum absolute atomic E-state index is 0.0642. The highest BCUT2D eigenvalue weighted by atomic mass is 19.1. The Kier molecular flexibility index (Phi) is 5.92. The zero-order valence-electron chi connectivity index (χ0n) is 13.3. The standard InChI is InChI=1S/C16H22FN3O3/c1-3-23-15-5-4-11(10(2)21)6-14(15)20-16(22)19-9-13-7-12(17)8-18-13/h4-6,12-13,18H,3,7-9H2,1-2H3,(H2,19,20,22)/t12-,13-/m0/s1. The summed E-state index contributed by atoms with van der Waals surface area (Å²) in [6.07, 6.45) is -0.466. The van der Waals surface area contributed by atoms with E-state index in [0.717, 1.165) is 0 Å². The van der Waals surface area contributed by atoms with E-state index in [1.165, 1.54) is 6.92 Å². The molecule has 1 heterocycles. The van der Waals surface area contributed by atoms with Crippen LogP contribution in [0.4, 0.5) is 14.9 Å². The van der Waals surface area contributed by atoms with Gasteiger partial charge in [-0.25, -0.2) is 9.18 Å². The minimum Gasteiger partial charge on any atom is -0.492 e. The van der Waals surface area contributed by atoms with Crippen molar-refractivity contribution in [3.05, 3.63) is 23.8 Å². The molecule has 0 bridgehead atoms. The molecule has 6 nitrogen and oxygen atoms in total. The SMILES string of the molecule is CCOc1ccc(C(C)=O)cc1NC(=O)NC[C@@H]1C[C@H](F)CN1. The number of amides is 2. The normalized spacial score (nSPS) is 20.1. The van der Waals surface area contributed by atoms with Crippen LogP contribution in [-0.4, -0.2) is 43.7 Å². The van der Waals surface area contributed by atoms with E-state index >= 15 is 0 Å². The molecule has 1 fully saturated rings. The maximum absolute atomic E-state index is 13.1. The molecule has 0 unspecified atom stereocenters. The number of Topliss-reactive ketones (excluding diaryl/α,β-unsaturated/α-hetero) is 1. The maximum atomic E-state index is 13.1. The summed E-state index contributed by atoms with van der Waals surface area (Å²) >= 11 is 0. The molecule has 0 aliphatic carbocycles. The zero-order valence-corrected chi connectivity index (χ0v) is 13.3. The van der Waals surface area contributed by atoms with Gasteiger partial charge in [-0.15, -0.1) is 0 Å². The molecule has 2 atom stereocenters. The number of ketones is 1. The second kappa shape index (κ2) is 7.92. The second-order valence-electron chi connectivity index (χ2n) is 5.47. The Balaban J connectivity index is 1.97. The molecule has 23 heavy (non-hydrogen) atoms. The highest BCUT2D eigenvalue weighted by Crippen LogP contribution is 2.26. The van der Waals surface area contributed by atoms with E-state index in [1.807, 2.05) is 6.92 Å². The summed E-state index contributed by atoms with van der Waals surface area (Å²) in [4.78, 5) is 23.5. The van der Waals surface area contributed by atoms with Crippen molar-refractivity contribution in [2.45, 2.75) is 32.5 Å². The Hall–Kier alpha value is -2.15. The lowest BCUT2D eigenvalue weighted by Gasteiger charge is -2.15. The topological polar surface area (TPSA) is 79.5 Å². The molecule has 1 saturated heterocycles. The number of urea groups is 1. The summed E-state index contributed by atoms with van der Waals surface area (Å²) in [5.41, 5.74) is 0.918. The molecule has 3 N–H and O–H groups in total. The molecule has 1 aromatic carbocycles. The molecule has 1 aliphatic rings. The van der Waals surface area contributed by atoms with Gasteiger partial charge >= 0.3 is 6.03 Å². The number of benzene rings is 1. The fraction of sp³-hybridized carbons (Fsp3) is 0.500. The predicted octanol–water partition coefficient (Wildman–Crippen LogP) is 2.11. The smallest absolute Gasteiger partial charge is 0.319 e. The quantitative estimate of drug-likeness (QED) is 0.701. The molecule has 7 heteroatoms. The molecule has 1 aliphatic heterocycles. The van der Waals surface area contributed by atoms with Gasteiger partial charge in [0.05, 0.1) is 12.3 Å². The lowest BCUT2D eigenvalue weighted by atomic mass is 10.1. The molecule has 0 saturated carbocycles. The van der Waals surface area contributed by atoms with E-state index in [9.17, 15) is 14.0 Å². The van der Waals surface area contributed by atoms with Crippen LogP contribution < -0.4 is 20.7 Å². The molecule has 0 radical (unpaired) electrons. The van der Waals surface area contributed by atoms with Crippen LogP contribution in [0.5, 0.6) is 5.75 Å². The number of ether oxygens (including phenoxy) is 1. The Labute approximate surface area is 134 Å². The third kappa shape index (κ3) is 4.92. The summed E-state index contributed by atoms with van der Waals surface area (Å²) in [6.45, 7) is 4.39. The number of halogens is 1. The first kappa shape index (κ1) is 17.2. The molecular formula is C16H22FN3O3. The van der Waals surface area contributed by atoms with Gasteiger partial charge < -0.3 is 20.7 Å². The summed E-state index contributed by atoms with van der Waals surface area (Å²) in [5.74, 6) is 0.399. The third-order valence-electron chi connectivity index (χ3n) is 3.61. The first-order chi connectivity index (χ1) is 11.0. The number of rotatable bonds is 6. The van der Waals surface area contributed by atoms with Crippen LogP contribution >= 0.6 is 0 Å². The van der Waals surface area contributed by atoms with Gasteiger partial charge in [-0.3, -0.25) is 4.79 Å². The number of carbonyl (C=O) groups excluding carboxylic acids is 2. The van der Waals surface area contributed by atoms with Gasteiger partial charge in [0.2, 0.25) is 0 Å². The average Bonchev–Trinajstić information content (AvgIpc) is 2.92.